The monoisotopic (exact) mass is 192 g/mol. The van der Waals surface area contributed by atoms with Gasteiger partial charge in [-0.1, -0.05) is 26.0 Å². The summed E-state index contributed by atoms with van der Waals surface area (Å²) in [5, 5.41) is 16.6. The van der Waals surface area contributed by atoms with E-state index >= 15 is 0 Å². The lowest BCUT2D eigenvalue weighted by Gasteiger charge is -2.18. The standard InChI is InChI=1S/C10H16N4/c1-5-14-9(6-10(2,3)4)8(7-11)12-13-14/h5-6H2,1-4H3. The minimum atomic E-state index is 0.153. The molecule has 0 aliphatic rings. The molecule has 0 spiro atoms. The Morgan fingerprint density at radius 3 is 2.50 bits per heavy atom. The van der Waals surface area contributed by atoms with Crippen LogP contribution in [0.5, 0.6) is 0 Å². The van der Waals surface area contributed by atoms with Gasteiger partial charge in [-0.25, -0.2) is 4.68 Å². The van der Waals surface area contributed by atoms with Gasteiger partial charge in [0, 0.05) is 6.54 Å². The highest BCUT2D eigenvalue weighted by Gasteiger charge is 2.19. The van der Waals surface area contributed by atoms with Gasteiger partial charge in [0.25, 0.3) is 0 Å². The zero-order chi connectivity index (χ0) is 10.8. The fourth-order valence-electron chi connectivity index (χ4n) is 1.35. The smallest absolute Gasteiger partial charge is 0.185 e. The number of aromatic nitrogens is 3. The quantitative estimate of drug-likeness (QED) is 0.717. The fourth-order valence-corrected chi connectivity index (χ4v) is 1.35. The van der Waals surface area contributed by atoms with E-state index in [1.807, 2.05) is 6.92 Å². The SMILES string of the molecule is CCn1nnc(C#N)c1CC(C)(C)C. The molecule has 1 heterocycles. The van der Waals surface area contributed by atoms with Crippen LogP contribution in [0.2, 0.25) is 0 Å². The van der Waals surface area contributed by atoms with Gasteiger partial charge in [0.15, 0.2) is 5.69 Å². The molecule has 0 unspecified atom stereocenters. The molecule has 1 aromatic heterocycles. The second-order valence-corrected chi connectivity index (χ2v) is 4.55. The van der Waals surface area contributed by atoms with Crippen molar-refractivity contribution in [1.29, 1.82) is 5.26 Å². The Hall–Kier alpha value is -1.37. The van der Waals surface area contributed by atoms with Gasteiger partial charge in [-0.05, 0) is 18.8 Å². The van der Waals surface area contributed by atoms with Crippen molar-refractivity contribution < 1.29 is 0 Å². The van der Waals surface area contributed by atoms with Gasteiger partial charge >= 0.3 is 0 Å². The van der Waals surface area contributed by atoms with E-state index in [2.05, 4.69) is 37.2 Å². The number of nitrogens with zero attached hydrogens (tertiary/aromatic N) is 4. The van der Waals surface area contributed by atoms with Crippen LogP contribution in [0.1, 0.15) is 39.1 Å². The molecule has 4 heteroatoms. The molecule has 0 N–H and O–H groups in total. The third kappa shape index (κ3) is 2.32. The summed E-state index contributed by atoms with van der Waals surface area (Å²) < 4.78 is 1.80. The molecule has 0 aliphatic carbocycles. The lowest BCUT2D eigenvalue weighted by molar-refractivity contribution is 0.393. The van der Waals surface area contributed by atoms with Crippen molar-refractivity contribution in [2.24, 2.45) is 5.41 Å². The molecule has 1 rings (SSSR count). The molecular formula is C10H16N4. The molecule has 0 saturated carbocycles. The summed E-state index contributed by atoms with van der Waals surface area (Å²) in [5.74, 6) is 0. The largest absolute Gasteiger partial charge is 0.248 e. The van der Waals surface area contributed by atoms with Crippen molar-refractivity contribution in [1.82, 2.24) is 15.0 Å². The van der Waals surface area contributed by atoms with Gasteiger partial charge in [0.05, 0.1) is 5.69 Å². The summed E-state index contributed by atoms with van der Waals surface area (Å²) >= 11 is 0. The maximum Gasteiger partial charge on any atom is 0.185 e. The first-order valence-corrected chi connectivity index (χ1v) is 4.80. The highest BCUT2D eigenvalue weighted by atomic mass is 15.4. The van der Waals surface area contributed by atoms with Gasteiger partial charge in [0.2, 0.25) is 0 Å². The summed E-state index contributed by atoms with van der Waals surface area (Å²) in [5.41, 5.74) is 1.56. The Kier molecular flexibility index (Phi) is 2.90. The molecule has 1 aromatic rings. The van der Waals surface area contributed by atoms with Gasteiger partial charge < -0.3 is 0 Å². The average molecular weight is 192 g/mol. The molecule has 0 radical (unpaired) electrons. The van der Waals surface area contributed by atoms with Crippen molar-refractivity contribution in [3.05, 3.63) is 11.4 Å². The normalized spacial score (nSPS) is 11.4. The minimum Gasteiger partial charge on any atom is -0.248 e. The van der Waals surface area contributed by atoms with Crippen LogP contribution in [0.4, 0.5) is 0 Å². The molecule has 0 atom stereocenters. The lowest BCUT2D eigenvalue weighted by Crippen LogP contribution is -2.14. The van der Waals surface area contributed by atoms with Crippen LogP contribution in [0.3, 0.4) is 0 Å². The van der Waals surface area contributed by atoms with Crippen LogP contribution in [0.15, 0.2) is 0 Å². The van der Waals surface area contributed by atoms with E-state index in [1.54, 1.807) is 4.68 Å². The van der Waals surface area contributed by atoms with Crippen LogP contribution in [0.25, 0.3) is 0 Å². The van der Waals surface area contributed by atoms with Crippen LogP contribution >= 0.6 is 0 Å². The third-order valence-electron chi connectivity index (χ3n) is 1.94. The minimum absolute atomic E-state index is 0.153. The molecule has 76 valence electrons. The Morgan fingerprint density at radius 1 is 1.43 bits per heavy atom. The molecule has 0 bridgehead atoms. The van der Waals surface area contributed by atoms with Crippen molar-refractivity contribution in [2.75, 3.05) is 0 Å². The summed E-state index contributed by atoms with van der Waals surface area (Å²) in [7, 11) is 0. The Labute approximate surface area is 84.5 Å². The maximum absolute atomic E-state index is 8.86. The molecular weight excluding hydrogens is 176 g/mol. The van der Waals surface area contributed by atoms with E-state index in [1.165, 1.54) is 0 Å². The molecule has 0 saturated heterocycles. The van der Waals surface area contributed by atoms with Crippen molar-refractivity contribution in [3.63, 3.8) is 0 Å². The maximum atomic E-state index is 8.86. The first-order valence-electron chi connectivity index (χ1n) is 4.80. The zero-order valence-electron chi connectivity index (χ0n) is 9.20. The second kappa shape index (κ2) is 3.79. The van der Waals surface area contributed by atoms with Gasteiger partial charge in [-0.15, -0.1) is 5.10 Å². The lowest BCUT2D eigenvalue weighted by atomic mass is 9.90. The summed E-state index contributed by atoms with van der Waals surface area (Å²) in [4.78, 5) is 0. The van der Waals surface area contributed by atoms with Crippen molar-refractivity contribution >= 4 is 0 Å². The first kappa shape index (κ1) is 10.7. The number of nitriles is 1. The number of hydrogen-bond acceptors (Lipinski definition) is 3. The van der Waals surface area contributed by atoms with Crippen LogP contribution in [-0.2, 0) is 13.0 Å². The molecule has 4 nitrogen and oxygen atoms in total. The predicted octanol–water partition coefficient (Wildman–Crippen LogP) is 1.76. The van der Waals surface area contributed by atoms with Crippen LogP contribution in [0, 0.1) is 16.7 Å². The molecule has 0 aromatic carbocycles. The summed E-state index contributed by atoms with van der Waals surface area (Å²) in [6, 6.07) is 2.08. The number of aryl methyl sites for hydroxylation is 1. The van der Waals surface area contributed by atoms with Crippen molar-refractivity contribution in [3.8, 4) is 6.07 Å². The number of rotatable bonds is 2. The van der Waals surface area contributed by atoms with E-state index < -0.39 is 0 Å². The second-order valence-electron chi connectivity index (χ2n) is 4.55. The van der Waals surface area contributed by atoms with Crippen LogP contribution in [-0.4, -0.2) is 15.0 Å². The highest BCUT2D eigenvalue weighted by Crippen LogP contribution is 2.21. The Balaban J connectivity index is 3.05. The topological polar surface area (TPSA) is 54.5 Å². The van der Waals surface area contributed by atoms with E-state index in [0.29, 0.717) is 5.69 Å². The van der Waals surface area contributed by atoms with Gasteiger partial charge in [-0.3, -0.25) is 0 Å². The molecule has 0 fully saturated rings. The zero-order valence-corrected chi connectivity index (χ0v) is 9.20. The molecule has 0 aliphatic heterocycles. The Bertz CT molecular complexity index is 351. The van der Waals surface area contributed by atoms with Crippen molar-refractivity contribution in [2.45, 2.75) is 40.7 Å². The van der Waals surface area contributed by atoms with E-state index in [-0.39, 0.29) is 5.41 Å². The van der Waals surface area contributed by atoms with Gasteiger partial charge in [0.1, 0.15) is 6.07 Å². The fraction of sp³-hybridized carbons (Fsp3) is 0.700. The summed E-state index contributed by atoms with van der Waals surface area (Å²) in [6.45, 7) is 9.19. The predicted molar refractivity (Wildman–Crippen MR) is 53.6 cm³/mol. The average Bonchev–Trinajstić information content (AvgIpc) is 2.44. The summed E-state index contributed by atoms with van der Waals surface area (Å²) in [6.07, 6.45) is 0.830. The van der Waals surface area contributed by atoms with E-state index in [4.69, 9.17) is 5.26 Å². The first-order chi connectivity index (χ1) is 6.48. The number of hydrogen-bond donors (Lipinski definition) is 0. The van der Waals surface area contributed by atoms with Crippen LogP contribution < -0.4 is 0 Å². The Morgan fingerprint density at radius 2 is 2.07 bits per heavy atom. The van der Waals surface area contributed by atoms with E-state index in [0.717, 1.165) is 18.7 Å². The van der Waals surface area contributed by atoms with E-state index in [9.17, 15) is 0 Å². The third-order valence-corrected chi connectivity index (χ3v) is 1.94. The van der Waals surface area contributed by atoms with Gasteiger partial charge in [-0.2, -0.15) is 5.26 Å². The molecule has 14 heavy (non-hydrogen) atoms. The molecule has 0 amide bonds. The highest BCUT2D eigenvalue weighted by molar-refractivity contribution is 5.25.